The number of nitrogens with zero attached hydrogens (tertiary/aromatic N) is 1. The molecule has 1 saturated heterocycles. The summed E-state index contributed by atoms with van der Waals surface area (Å²) in [6, 6.07) is 1.47. The zero-order valence-electron chi connectivity index (χ0n) is 9.82. The minimum absolute atomic E-state index is 0.255. The average Bonchev–Trinajstić information content (AvgIpc) is 2.84. The van der Waals surface area contributed by atoms with Gasteiger partial charge in [-0.15, -0.1) is 11.3 Å². The molecule has 1 atom stereocenters. The Bertz CT molecular complexity index is 512. The first kappa shape index (κ1) is 14.7. The molecule has 0 amide bonds. The van der Waals surface area contributed by atoms with Crippen LogP contribution in [-0.2, 0) is 10.0 Å². The molecule has 0 aliphatic carbocycles. The molecule has 0 spiro atoms. The van der Waals surface area contributed by atoms with Crippen molar-refractivity contribution < 1.29 is 8.42 Å². The Morgan fingerprint density at radius 3 is 2.89 bits per heavy atom. The second-order valence-corrected chi connectivity index (χ2v) is 9.23. The zero-order chi connectivity index (χ0) is 13.3. The van der Waals surface area contributed by atoms with Crippen LogP contribution in [0.25, 0.3) is 0 Å². The Balaban J connectivity index is 1.99. The number of hydrogen-bond donors (Lipinski definition) is 1. The van der Waals surface area contributed by atoms with E-state index in [0.29, 0.717) is 21.3 Å². The lowest BCUT2D eigenvalue weighted by Crippen LogP contribution is -2.30. The fraction of sp³-hybridized carbons (Fsp3) is 0.600. The van der Waals surface area contributed by atoms with Crippen LogP contribution < -0.4 is 4.72 Å². The third kappa shape index (κ3) is 3.46. The summed E-state index contributed by atoms with van der Waals surface area (Å²) in [6.07, 6.45) is 1.04. The lowest BCUT2D eigenvalue weighted by molar-refractivity contribution is 0.394. The second-order valence-electron chi connectivity index (χ2n) is 4.46. The molecule has 102 valence electrons. The van der Waals surface area contributed by atoms with Crippen molar-refractivity contribution in [3.8, 4) is 0 Å². The lowest BCUT2D eigenvalue weighted by Gasteiger charge is -2.11. The number of sulfonamides is 1. The quantitative estimate of drug-likeness (QED) is 0.881. The van der Waals surface area contributed by atoms with Gasteiger partial charge in [-0.2, -0.15) is 0 Å². The summed E-state index contributed by atoms with van der Waals surface area (Å²) in [5.41, 5.74) is 0. The number of hydrogen-bond acceptors (Lipinski definition) is 4. The van der Waals surface area contributed by atoms with Crippen molar-refractivity contribution >= 4 is 48.9 Å². The van der Waals surface area contributed by atoms with E-state index in [0.717, 1.165) is 30.8 Å². The van der Waals surface area contributed by atoms with Gasteiger partial charge in [-0.25, -0.2) is 13.1 Å². The number of halogens is 2. The van der Waals surface area contributed by atoms with E-state index in [1.54, 1.807) is 0 Å². The summed E-state index contributed by atoms with van der Waals surface area (Å²) in [4.78, 5) is 2.21. The van der Waals surface area contributed by atoms with Gasteiger partial charge in [-0.3, -0.25) is 0 Å². The summed E-state index contributed by atoms with van der Waals surface area (Å²) < 4.78 is 27.6. The van der Waals surface area contributed by atoms with E-state index in [1.807, 2.05) is 7.05 Å². The predicted octanol–water partition coefficient (Wildman–Crippen LogP) is 2.39. The first-order chi connectivity index (χ1) is 8.38. The molecule has 1 aromatic heterocycles. The van der Waals surface area contributed by atoms with E-state index in [4.69, 9.17) is 11.6 Å². The van der Waals surface area contributed by atoms with E-state index in [-0.39, 0.29) is 4.21 Å². The largest absolute Gasteiger partial charge is 0.306 e. The average molecular weight is 374 g/mol. The molecule has 8 heteroatoms. The third-order valence-electron chi connectivity index (χ3n) is 2.94. The van der Waals surface area contributed by atoms with Gasteiger partial charge < -0.3 is 4.90 Å². The van der Waals surface area contributed by atoms with Crippen LogP contribution in [0.3, 0.4) is 0 Å². The van der Waals surface area contributed by atoms with Crippen LogP contribution in [0, 0.1) is 5.92 Å². The molecular weight excluding hydrogens is 360 g/mol. The van der Waals surface area contributed by atoms with Crippen LogP contribution in [0.1, 0.15) is 6.42 Å². The normalized spacial score (nSPS) is 21.6. The maximum absolute atomic E-state index is 12.0. The monoisotopic (exact) mass is 372 g/mol. The predicted molar refractivity (Wildman–Crippen MR) is 77.8 cm³/mol. The topological polar surface area (TPSA) is 49.4 Å². The van der Waals surface area contributed by atoms with Gasteiger partial charge in [0.2, 0.25) is 10.0 Å². The summed E-state index contributed by atoms with van der Waals surface area (Å²) in [5.74, 6) is 0.392. The molecule has 1 unspecified atom stereocenters. The Morgan fingerprint density at radius 1 is 1.67 bits per heavy atom. The molecule has 18 heavy (non-hydrogen) atoms. The van der Waals surface area contributed by atoms with Gasteiger partial charge >= 0.3 is 0 Å². The van der Waals surface area contributed by atoms with E-state index in [1.165, 1.54) is 6.07 Å². The summed E-state index contributed by atoms with van der Waals surface area (Å²) >= 11 is 10.2. The molecule has 1 aliphatic rings. The first-order valence-electron chi connectivity index (χ1n) is 5.51. The Kier molecular flexibility index (Phi) is 4.72. The van der Waals surface area contributed by atoms with Crippen LogP contribution in [0.5, 0.6) is 0 Å². The smallest absolute Gasteiger partial charge is 0.250 e. The SMILES string of the molecule is CN1CCC(CNS(=O)(=O)c2cc(Cl)c(Br)s2)C1. The van der Waals surface area contributed by atoms with Crippen LogP contribution >= 0.6 is 38.9 Å². The molecule has 0 bridgehead atoms. The molecule has 0 saturated carbocycles. The lowest BCUT2D eigenvalue weighted by atomic mass is 10.1. The molecule has 1 N–H and O–H groups in total. The van der Waals surface area contributed by atoms with Crippen molar-refractivity contribution in [1.82, 2.24) is 9.62 Å². The van der Waals surface area contributed by atoms with Crippen LogP contribution in [0.2, 0.25) is 5.02 Å². The van der Waals surface area contributed by atoms with Gasteiger partial charge in [0.15, 0.2) is 0 Å². The van der Waals surface area contributed by atoms with Crippen molar-refractivity contribution in [2.75, 3.05) is 26.7 Å². The van der Waals surface area contributed by atoms with Crippen molar-refractivity contribution in [2.45, 2.75) is 10.6 Å². The highest BCUT2D eigenvalue weighted by atomic mass is 79.9. The van der Waals surface area contributed by atoms with Crippen LogP contribution in [0.4, 0.5) is 0 Å². The molecule has 0 aromatic carbocycles. The van der Waals surface area contributed by atoms with Crippen molar-refractivity contribution in [3.05, 3.63) is 14.9 Å². The number of likely N-dealkylation sites (tertiary alicyclic amines) is 1. The number of nitrogens with one attached hydrogen (secondary N) is 1. The van der Waals surface area contributed by atoms with E-state index in [2.05, 4.69) is 25.6 Å². The highest BCUT2D eigenvalue weighted by Gasteiger charge is 2.23. The standard InChI is InChI=1S/C10H14BrClN2O2S2/c1-14-3-2-7(6-14)5-13-18(15,16)9-4-8(12)10(11)17-9/h4,7,13H,2-3,5-6H2,1H3. The second kappa shape index (κ2) is 5.76. The molecule has 2 rings (SSSR count). The minimum Gasteiger partial charge on any atom is -0.306 e. The molecule has 1 aromatic rings. The van der Waals surface area contributed by atoms with Crippen molar-refractivity contribution in [3.63, 3.8) is 0 Å². The van der Waals surface area contributed by atoms with Crippen LogP contribution in [0.15, 0.2) is 14.1 Å². The highest BCUT2D eigenvalue weighted by Crippen LogP contribution is 2.34. The van der Waals surface area contributed by atoms with Gasteiger partial charge in [0.05, 0.1) is 8.81 Å². The Labute approximate surface area is 124 Å². The highest BCUT2D eigenvalue weighted by molar-refractivity contribution is 9.11. The van der Waals surface area contributed by atoms with Crippen molar-refractivity contribution in [2.24, 2.45) is 5.92 Å². The van der Waals surface area contributed by atoms with E-state index < -0.39 is 10.0 Å². The summed E-state index contributed by atoms with van der Waals surface area (Å²) in [6.45, 7) is 2.46. The minimum atomic E-state index is -3.43. The Morgan fingerprint density at radius 2 is 2.39 bits per heavy atom. The van der Waals surface area contributed by atoms with Gasteiger partial charge in [0.1, 0.15) is 4.21 Å². The maximum Gasteiger partial charge on any atom is 0.250 e. The summed E-state index contributed by atoms with van der Waals surface area (Å²) in [7, 11) is -1.39. The van der Waals surface area contributed by atoms with Crippen molar-refractivity contribution in [1.29, 1.82) is 0 Å². The van der Waals surface area contributed by atoms with Gasteiger partial charge in [-0.05, 0) is 47.9 Å². The molecule has 4 nitrogen and oxygen atoms in total. The maximum atomic E-state index is 12.0. The fourth-order valence-corrected chi connectivity index (χ4v) is 5.51. The van der Waals surface area contributed by atoms with E-state index in [9.17, 15) is 8.42 Å². The van der Waals surface area contributed by atoms with Gasteiger partial charge in [0, 0.05) is 13.1 Å². The summed E-state index contributed by atoms with van der Waals surface area (Å²) in [5, 5.41) is 0.431. The molecular formula is C10H14BrClN2O2S2. The molecule has 0 radical (unpaired) electrons. The van der Waals surface area contributed by atoms with Gasteiger partial charge in [0.25, 0.3) is 0 Å². The molecule has 1 fully saturated rings. The third-order valence-corrected chi connectivity index (χ3v) is 7.31. The number of rotatable bonds is 4. The van der Waals surface area contributed by atoms with Gasteiger partial charge in [-0.1, -0.05) is 11.6 Å². The number of thiophene rings is 1. The zero-order valence-corrected chi connectivity index (χ0v) is 13.8. The molecule has 1 aliphatic heterocycles. The fourth-order valence-electron chi connectivity index (χ4n) is 1.95. The van der Waals surface area contributed by atoms with Crippen LogP contribution in [-0.4, -0.2) is 40.0 Å². The Hall–Kier alpha value is 0.340. The first-order valence-corrected chi connectivity index (χ1v) is 8.98. The van der Waals surface area contributed by atoms with E-state index >= 15 is 0 Å². The molecule has 2 heterocycles.